The molecule has 0 amide bonds. The van der Waals surface area contributed by atoms with Crippen LogP contribution in [0.1, 0.15) is 28.7 Å². The molecule has 2 aromatic rings. The molecule has 1 aromatic heterocycles. The summed E-state index contributed by atoms with van der Waals surface area (Å²) in [4.78, 5) is 16.9. The lowest BCUT2D eigenvalue weighted by atomic mass is 10.0. The zero-order chi connectivity index (χ0) is 15.2. The monoisotopic (exact) mass is 352 g/mol. The van der Waals surface area contributed by atoms with Crippen molar-refractivity contribution < 1.29 is 17.6 Å². The fourth-order valence-electron chi connectivity index (χ4n) is 2.02. The summed E-state index contributed by atoms with van der Waals surface area (Å²) in [6.07, 6.45) is -4.73. The van der Waals surface area contributed by atoms with E-state index in [1.807, 2.05) is 0 Å². The SMILES string of the molecule is Cc1nc2cc(C(F)(F)F)c(C(C)Br)c(F)c2c(=O)[nH]1. The minimum absolute atomic E-state index is 0.120. The lowest BCUT2D eigenvalue weighted by molar-refractivity contribution is -0.138. The van der Waals surface area contributed by atoms with E-state index < -0.39 is 38.9 Å². The Morgan fingerprint density at radius 3 is 2.50 bits per heavy atom. The van der Waals surface area contributed by atoms with Crippen LogP contribution in [0.25, 0.3) is 10.9 Å². The first-order chi connectivity index (χ1) is 9.12. The van der Waals surface area contributed by atoms with Gasteiger partial charge in [-0.05, 0) is 19.9 Å². The van der Waals surface area contributed by atoms with Crippen LogP contribution in [0.2, 0.25) is 0 Å². The molecule has 2 rings (SSSR count). The van der Waals surface area contributed by atoms with Crippen LogP contribution in [0, 0.1) is 12.7 Å². The van der Waals surface area contributed by atoms with Gasteiger partial charge in [0.05, 0.1) is 11.1 Å². The van der Waals surface area contributed by atoms with Crippen LogP contribution in [0.15, 0.2) is 10.9 Å². The molecule has 8 heteroatoms. The molecule has 0 fully saturated rings. The molecule has 1 aromatic carbocycles. The van der Waals surface area contributed by atoms with E-state index in [2.05, 4.69) is 25.9 Å². The molecule has 1 heterocycles. The van der Waals surface area contributed by atoms with Crippen molar-refractivity contribution in [1.29, 1.82) is 0 Å². The third-order valence-electron chi connectivity index (χ3n) is 2.80. The van der Waals surface area contributed by atoms with Crippen molar-refractivity contribution in [2.24, 2.45) is 0 Å². The molecule has 108 valence electrons. The molecule has 0 aliphatic carbocycles. The first-order valence-electron chi connectivity index (χ1n) is 5.57. The van der Waals surface area contributed by atoms with Gasteiger partial charge in [0, 0.05) is 10.4 Å². The van der Waals surface area contributed by atoms with E-state index in [0.717, 1.165) is 0 Å². The van der Waals surface area contributed by atoms with E-state index in [1.54, 1.807) is 0 Å². The van der Waals surface area contributed by atoms with Crippen molar-refractivity contribution in [2.75, 3.05) is 0 Å². The van der Waals surface area contributed by atoms with Crippen LogP contribution in [-0.2, 0) is 6.18 Å². The van der Waals surface area contributed by atoms with Gasteiger partial charge >= 0.3 is 6.18 Å². The number of rotatable bonds is 1. The fraction of sp³-hybridized carbons (Fsp3) is 0.333. The Balaban J connectivity index is 3.01. The third kappa shape index (κ3) is 2.44. The molecule has 0 saturated carbocycles. The summed E-state index contributed by atoms with van der Waals surface area (Å²) in [6.45, 7) is 2.77. The van der Waals surface area contributed by atoms with Crippen LogP contribution < -0.4 is 5.56 Å². The van der Waals surface area contributed by atoms with E-state index in [-0.39, 0.29) is 11.3 Å². The summed E-state index contributed by atoms with van der Waals surface area (Å²) < 4.78 is 53.4. The standard InChI is InChI=1S/C12H9BrF4N2O/c1-4(13)8-6(12(15,16)17)3-7-9(10(8)14)11(20)19-5(2)18-7/h3-4H,1-2H3,(H,18,19,20). The van der Waals surface area contributed by atoms with Gasteiger partial charge in [-0.2, -0.15) is 13.2 Å². The average Bonchev–Trinajstić information content (AvgIpc) is 2.25. The van der Waals surface area contributed by atoms with Gasteiger partial charge in [0.25, 0.3) is 5.56 Å². The molecule has 1 atom stereocenters. The van der Waals surface area contributed by atoms with Gasteiger partial charge in [0.2, 0.25) is 0 Å². The Morgan fingerprint density at radius 1 is 1.40 bits per heavy atom. The highest BCUT2D eigenvalue weighted by atomic mass is 79.9. The summed E-state index contributed by atoms with van der Waals surface area (Å²) in [5.74, 6) is -1.08. The van der Waals surface area contributed by atoms with Gasteiger partial charge < -0.3 is 4.98 Å². The molecule has 20 heavy (non-hydrogen) atoms. The predicted octanol–water partition coefficient (Wildman–Crippen LogP) is 3.85. The van der Waals surface area contributed by atoms with Crippen molar-refractivity contribution in [3.05, 3.63) is 39.2 Å². The van der Waals surface area contributed by atoms with Gasteiger partial charge in [-0.25, -0.2) is 9.37 Å². The molecule has 0 bridgehead atoms. The Bertz CT molecular complexity index is 737. The molecule has 0 aliphatic heterocycles. The maximum Gasteiger partial charge on any atom is 0.416 e. The first-order valence-corrected chi connectivity index (χ1v) is 6.48. The molecule has 1 unspecified atom stereocenters. The number of aromatic nitrogens is 2. The lowest BCUT2D eigenvalue weighted by Crippen LogP contribution is -2.17. The highest BCUT2D eigenvalue weighted by molar-refractivity contribution is 9.09. The van der Waals surface area contributed by atoms with Crippen LogP contribution in [0.4, 0.5) is 17.6 Å². The molecular weight excluding hydrogens is 344 g/mol. The van der Waals surface area contributed by atoms with Crippen molar-refractivity contribution >= 4 is 26.8 Å². The van der Waals surface area contributed by atoms with Crippen LogP contribution in [-0.4, -0.2) is 9.97 Å². The summed E-state index contributed by atoms with van der Waals surface area (Å²) in [5, 5.41) is -0.468. The zero-order valence-electron chi connectivity index (χ0n) is 10.4. The Labute approximate surface area is 119 Å². The van der Waals surface area contributed by atoms with Gasteiger partial charge in [-0.3, -0.25) is 4.79 Å². The largest absolute Gasteiger partial charge is 0.416 e. The second-order valence-corrected chi connectivity index (χ2v) is 5.68. The number of aryl methyl sites for hydroxylation is 1. The smallest absolute Gasteiger partial charge is 0.310 e. The average molecular weight is 353 g/mol. The summed E-state index contributed by atoms with van der Waals surface area (Å²) >= 11 is 2.93. The number of aromatic amines is 1. The highest BCUT2D eigenvalue weighted by Crippen LogP contribution is 2.40. The maximum absolute atomic E-state index is 14.3. The number of fused-ring (bicyclic) bond motifs is 1. The number of hydrogen-bond donors (Lipinski definition) is 1. The molecule has 3 nitrogen and oxygen atoms in total. The number of halogens is 5. The maximum atomic E-state index is 14.3. The predicted molar refractivity (Wildman–Crippen MR) is 69.4 cm³/mol. The number of alkyl halides is 4. The second kappa shape index (κ2) is 4.83. The van der Waals surface area contributed by atoms with Gasteiger partial charge in [0.1, 0.15) is 17.0 Å². The zero-order valence-corrected chi connectivity index (χ0v) is 12.0. The summed E-state index contributed by atoms with van der Waals surface area (Å²) in [7, 11) is 0. The molecule has 0 radical (unpaired) electrons. The van der Waals surface area contributed by atoms with Gasteiger partial charge in [-0.15, -0.1) is 0 Å². The second-order valence-electron chi connectivity index (χ2n) is 4.31. The Kier molecular flexibility index (Phi) is 3.62. The number of H-pyrrole nitrogens is 1. The quantitative estimate of drug-likeness (QED) is 0.625. The van der Waals surface area contributed by atoms with E-state index in [9.17, 15) is 22.4 Å². The van der Waals surface area contributed by atoms with E-state index in [1.165, 1.54) is 13.8 Å². The topological polar surface area (TPSA) is 45.8 Å². The number of nitrogens with one attached hydrogen (secondary N) is 1. The van der Waals surface area contributed by atoms with E-state index >= 15 is 0 Å². The van der Waals surface area contributed by atoms with Crippen molar-refractivity contribution in [2.45, 2.75) is 24.9 Å². The van der Waals surface area contributed by atoms with Gasteiger partial charge in [-0.1, -0.05) is 15.9 Å². The molecule has 1 N–H and O–H groups in total. The van der Waals surface area contributed by atoms with Crippen LogP contribution in [0.3, 0.4) is 0 Å². The van der Waals surface area contributed by atoms with Crippen molar-refractivity contribution in [1.82, 2.24) is 9.97 Å². The summed E-state index contributed by atoms with van der Waals surface area (Å²) in [5.41, 5.74) is -2.84. The number of hydrogen-bond acceptors (Lipinski definition) is 2. The normalized spacial score (nSPS) is 13.8. The minimum atomic E-state index is -4.73. The molecule has 0 spiro atoms. The fourth-order valence-corrected chi connectivity index (χ4v) is 2.46. The Hall–Kier alpha value is -1.44. The highest BCUT2D eigenvalue weighted by Gasteiger charge is 2.37. The molecular formula is C12H9BrF4N2O. The minimum Gasteiger partial charge on any atom is -0.310 e. The van der Waals surface area contributed by atoms with Crippen LogP contribution >= 0.6 is 15.9 Å². The lowest BCUT2D eigenvalue weighted by Gasteiger charge is -2.16. The molecule has 0 aliphatic rings. The van der Waals surface area contributed by atoms with E-state index in [4.69, 9.17) is 0 Å². The number of nitrogens with zero attached hydrogens (tertiary/aromatic N) is 1. The molecule has 0 saturated heterocycles. The first kappa shape index (κ1) is 15.0. The van der Waals surface area contributed by atoms with Crippen molar-refractivity contribution in [3.8, 4) is 0 Å². The van der Waals surface area contributed by atoms with Crippen molar-refractivity contribution in [3.63, 3.8) is 0 Å². The van der Waals surface area contributed by atoms with Gasteiger partial charge in [0.15, 0.2) is 0 Å². The van der Waals surface area contributed by atoms with Crippen LogP contribution in [0.5, 0.6) is 0 Å². The van der Waals surface area contributed by atoms with E-state index in [0.29, 0.717) is 6.07 Å². The third-order valence-corrected chi connectivity index (χ3v) is 3.25. The summed E-state index contributed by atoms with van der Waals surface area (Å²) in [6, 6.07) is 0.702. The Morgan fingerprint density at radius 2 is 2.00 bits per heavy atom. The number of benzene rings is 1.